The summed E-state index contributed by atoms with van der Waals surface area (Å²) in [5.74, 6) is -0.575. The average Bonchev–Trinajstić information content (AvgIpc) is 2.89. The molecule has 4 N–H and O–H groups in total. The third kappa shape index (κ3) is 5.19. The second-order valence-corrected chi connectivity index (χ2v) is 7.68. The zero-order valence-corrected chi connectivity index (χ0v) is 17.9. The summed E-state index contributed by atoms with van der Waals surface area (Å²) in [4.78, 5) is 41.3. The number of fused-ring (bicyclic) bond motifs is 1. The van der Waals surface area contributed by atoms with Crippen LogP contribution in [-0.2, 0) is 9.59 Å². The SMILES string of the molecule is CCCN(CC(N)=O)C(=O)C1=Cc2cc(-c3ccc(C=O)cc3Cl)ccc2N=C(N)C1. The molecule has 0 aromatic heterocycles. The van der Waals surface area contributed by atoms with Crippen LogP contribution >= 0.6 is 11.6 Å². The van der Waals surface area contributed by atoms with E-state index < -0.39 is 5.91 Å². The van der Waals surface area contributed by atoms with Crippen molar-refractivity contribution in [3.8, 4) is 11.1 Å². The van der Waals surface area contributed by atoms with E-state index in [0.717, 1.165) is 17.4 Å². The molecule has 0 bridgehead atoms. The molecule has 7 nitrogen and oxygen atoms in total. The summed E-state index contributed by atoms with van der Waals surface area (Å²) in [6.07, 6.45) is 3.32. The van der Waals surface area contributed by atoms with Crippen LogP contribution in [0.3, 0.4) is 0 Å². The van der Waals surface area contributed by atoms with Crippen molar-refractivity contribution in [1.29, 1.82) is 0 Å². The molecule has 2 aromatic rings. The van der Waals surface area contributed by atoms with Crippen LogP contribution in [-0.4, -0.2) is 41.9 Å². The smallest absolute Gasteiger partial charge is 0.250 e. The number of nitrogens with two attached hydrogens (primary N) is 2. The molecule has 160 valence electrons. The van der Waals surface area contributed by atoms with Gasteiger partial charge >= 0.3 is 0 Å². The van der Waals surface area contributed by atoms with Crippen molar-refractivity contribution in [2.24, 2.45) is 16.5 Å². The fraction of sp³-hybridized carbons (Fsp3) is 0.217. The highest BCUT2D eigenvalue weighted by Gasteiger charge is 2.22. The summed E-state index contributed by atoms with van der Waals surface area (Å²) in [7, 11) is 0. The summed E-state index contributed by atoms with van der Waals surface area (Å²) < 4.78 is 0. The van der Waals surface area contributed by atoms with Gasteiger partial charge in [0, 0.05) is 40.3 Å². The van der Waals surface area contributed by atoms with E-state index in [4.69, 9.17) is 23.1 Å². The van der Waals surface area contributed by atoms with Crippen LogP contribution in [0.25, 0.3) is 17.2 Å². The number of hydrogen-bond acceptors (Lipinski definition) is 5. The first-order chi connectivity index (χ1) is 14.8. The average molecular weight is 439 g/mol. The molecule has 0 fully saturated rings. The molecule has 1 heterocycles. The third-order valence-corrected chi connectivity index (χ3v) is 5.15. The zero-order chi connectivity index (χ0) is 22.5. The fourth-order valence-corrected chi connectivity index (χ4v) is 3.76. The largest absolute Gasteiger partial charge is 0.387 e. The van der Waals surface area contributed by atoms with Crippen LogP contribution in [0.4, 0.5) is 5.69 Å². The van der Waals surface area contributed by atoms with Crippen molar-refractivity contribution in [2.45, 2.75) is 19.8 Å². The lowest BCUT2D eigenvalue weighted by Gasteiger charge is -2.21. The van der Waals surface area contributed by atoms with Gasteiger partial charge in [-0.3, -0.25) is 14.4 Å². The highest BCUT2D eigenvalue weighted by atomic mass is 35.5. The maximum atomic E-state index is 13.1. The van der Waals surface area contributed by atoms with E-state index in [1.165, 1.54) is 4.90 Å². The number of carbonyl (C=O) groups excluding carboxylic acids is 3. The summed E-state index contributed by atoms with van der Waals surface area (Å²) in [5.41, 5.74) is 15.2. The monoisotopic (exact) mass is 438 g/mol. The van der Waals surface area contributed by atoms with Crippen LogP contribution < -0.4 is 11.5 Å². The zero-order valence-electron chi connectivity index (χ0n) is 17.1. The molecular weight excluding hydrogens is 416 g/mol. The van der Waals surface area contributed by atoms with Gasteiger partial charge in [-0.15, -0.1) is 0 Å². The number of amidine groups is 1. The predicted molar refractivity (Wildman–Crippen MR) is 122 cm³/mol. The van der Waals surface area contributed by atoms with E-state index in [2.05, 4.69) is 4.99 Å². The number of rotatable bonds is 7. The lowest BCUT2D eigenvalue weighted by atomic mass is 9.99. The summed E-state index contributed by atoms with van der Waals surface area (Å²) in [6.45, 7) is 2.16. The Hall–Kier alpha value is -3.45. The second kappa shape index (κ2) is 9.57. The van der Waals surface area contributed by atoms with E-state index in [9.17, 15) is 14.4 Å². The second-order valence-electron chi connectivity index (χ2n) is 7.27. The lowest BCUT2D eigenvalue weighted by molar-refractivity contribution is -0.132. The molecule has 0 unspecified atom stereocenters. The van der Waals surface area contributed by atoms with Crippen molar-refractivity contribution < 1.29 is 14.4 Å². The van der Waals surface area contributed by atoms with Gasteiger partial charge in [-0.25, -0.2) is 4.99 Å². The van der Waals surface area contributed by atoms with Crippen LogP contribution in [0.2, 0.25) is 5.02 Å². The van der Waals surface area contributed by atoms with Crippen molar-refractivity contribution >= 4 is 47.3 Å². The Morgan fingerprint density at radius 3 is 2.65 bits per heavy atom. The Morgan fingerprint density at radius 2 is 2.00 bits per heavy atom. The summed E-state index contributed by atoms with van der Waals surface area (Å²) >= 11 is 6.36. The van der Waals surface area contributed by atoms with Crippen LogP contribution in [0.15, 0.2) is 47.0 Å². The first kappa shape index (κ1) is 22.2. The number of aliphatic imine (C=N–C) groups is 1. The minimum absolute atomic E-state index is 0.160. The number of primary amides is 1. The standard InChI is InChI=1S/C23H23ClN4O3/c1-2-7-28(12-22(26)30)23(31)17-10-16-9-15(4-6-20(16)27-21(25)11-17)18-5-3-14(13-29)8-19(18)24/h3-6,8-10,13H,2,7,11-12H2,1H3,(H2,25,27)(H2,26,30). The normalized spacial score (nSPS) is 12.8. The van der Waals surface area contributed by atoms with Crippen molar-refractivity contribution in [3.63, 3.8) is 0 Å². The van der Waals surface area contributed by atoms with Gasteiger partial charge in [0.15, 0.2) is 0 Å². The highest BCUT2D eigenvalue weighted by molar-refractivity contribution is 6.33. The highest BCUT2D eigenvalue weighted by Crippen LogP contribution is 2.34. The quantitative estimate of drug-likeness (QED) is 0.644. The Kier molecular flexibility index (Phi) is 6.87. The molecule has 3 rings (SSSR count). The van der Waals surface area contributed by atoms with Gasteiger partial charge in [0.05, 0.1) is 12.2 Å². The molecule has 2 aromatic carbocycles. The number of halogens is 1. The minimum Gasteiger partial charge on any atom is -0.387 e. The maximum absolute atomic E-state index is 13.1. The first-order valence-corrected chi connectivity index (χ1v) is 10.2. The first-order valence-electron chi connectivity index (χ1n) is 9.82. The van der Waals surface area contributed by atoms with Crippen LogP contribution in [0.5, 0.6) is 0 Å². The maximum Gasteiger partial charge on any atom is 0.250 e. The number of benzene rings is 2. The van der Waals surface area contributed by atoms with E-state index in [1.54, 1.807) is 30.3 Å². The molecule has 31 heavy (non-hydrogen) atoms. The Morgan fingerprint density at radius 1 is 1.23 bits per heavy atom. The molecular formula is C23H23ClN4O3. The van der Waals surface area contributed by atoms with Gasteiger partial charge in [-0.05, 0) is 36.3 Å². The molecule has 0 saturated carbocycles. The Bertz CT molecular complexity index is 1110. The molecule has 1 aliphatic rings. The molecule has 2 amide bonds. The minimum atomic E-state index is -0.575. The van der Waals surface area contributed by atoms with Crippen molar-refractivity contribution in [1.82, 2.24) is 4.90 Å². The third-order valence-electron chi connectivity index (χ3n) is 4.84. The van der Waals surface area contributed by atoms with Crippen molar-refractivity contribution in [2.75, 3.05) is 13.1 Å². The van der Waals surface area contributed by atoms with E-state index >= 15 is 0 Å². The number of hydrogen-bond donors (Lipinski definition) is 2. The number of amides is 2. The van der Waals surface area contributed by atoms with Crippen LogP contribution in [0.1, 0.15) is 35.7 Å². The summed E-state index contributed by atoms with van der Waals surface area (Å²) in [5, 5.41) is 0.442. The van der Waals surface area contributed by atoms with Gasteiger partial charge in [0.1, 0.15) is 12.1 Å². The lowest BCUT2D eigenvalue weighted by Crippen LogP contribution is -2.40. The number of carbonyl (C=O) groups is 3. The van der Waals surface area contributed by atoms with Gasteiger partial charge in [-0.1, -0.05) is 36.7 Å². The van der Waals surface area contributed by atoms with E-state index in [0.29, 0.717) is 46.2 Å². The molecule has 0 radical (unpaired) electrons. The molecule has 0 aliphatic carbocycles. The molecule has 0 saturated heterocycles. The number of nitrogens with zero attached hydrogens (tertiary/aromatic N) is 2. The van der Waals surface area contributed by atoms with Crippen molar-refractivity contribution in [3.05, 3.63) is 58.1 Å². The fourth-order valence-electron chi connectivity index (χ4n) is 3.46. The van der Waals surface area contributed by atoms with Gasteiger partial charge in [-0.2, -0.15) is 0 Å². The molecule has 0 spiro atoms. The van der Waals surface area contributed by atoms with Crippen LogP contribution in [0, 0.1) is 0 Å². The predicted octanol–water partition coefficient (Wildman–Crippen LogP) is 3.32. The molecule has 0 atom stereocenters. The van der Waals surface area contributed by atoms with Gasteiger partial charge < -0.3 is 16.4 Å². The van der Waals surface area contributed by atoms with Gasteiger partial charge in [0.2, 0.25) is 5.91 Å². The molecule has 8 heteroatoms. The summed E-state index contributed by atoms with van der Waals surface area (Å²) in [6, 6.07) is 10.6. The van der Waals surface area contributed by atoms with E-state index in [1.807, 2.05) is 19.1 Å². The van der Waals surface area contributed by atoms with Gasteiger partial charge in [0.25, 0.3) is 5.91 Å². The number of aldehydes is 1. The Labute approximate surface area is 185 Å². The molecule has 1 aliphatic heterocycles. The van der Waals surface area contributed by atoms with E-state index in [-0.39, 0.29) is 18.9 Å². The Balaban J connectivity index is 2.04. The topological polar surface area (TPSA) is 119 Å².